The van der Waals surface area contributed by atoms with Crippen molar-refractivity contribution in [3.05, 3.63) is 95.3 Å². The zero-order valence-electron chi connectivity index (χ0n) is 23.4. The van der Waals surface area contributed by atoms with Gasteiger partial charge in [0, 0.05) is 38.5 Å². The summed E-state index contributed by atoms with van der Waals surface area (Å²) in [7, 11) is -2.37. The van der Waals surface area contributed by atoms with Crippen LogP contribution in [0.25, 0.3) is 11.1 Å². The molecule has 0 radical (unpaired) electrons. The summed E-state index contributed by atoms with van der Waals surface area (Å²) in [4.78, 5) is 14.8. The average molecular weight is 591 g/mol. The summed E-state index contributed by atoms with van der Waals surface area (Å²) < 4.78 is 44.9. The van der Waals surface area contributed by atoms with Crippen LogP contribution in [0.5, 0.6) is 5.75 Å². The SMILES string of the molecule is COc1ccc(S(=O)(=O)N(CCO)CCO[C@H]2C[C@@H](c3ccc4c(c3)Cc3ccccc3-4)C=C(C(=O)N3CC3)O2)cc1. The van der Waals surface area contributed by atoms with E-state index in [-0.39, 0.29) is 48.8 Å². The van der Waals surface area contributed by atoms with Crippen molar-refractivity contribution in [2.45, 2.75) is 29.9 Å². The molecule has 10 heteroatoms. The topological polar surface area (TPSA) is 105 Å². The summed E-state index contributed by atoms with van der Waals surface area (Å²) in [5.41, 5.74) is 6.15. The van der Waals surface area contributed by atoms with Crippen LogP contribution < -0.4 is 4.74 Å². The Kier molecular flexibility index (Phi) is 8.04. The highest BCUT2D eigenvalue weighted by Gasteiger charge is 2.35. The molecule has 0 bridgehead atoms. The van der Waals surface area contributed by atoms with Gasteiger partial charge in [-0.1, -0.05) is 42.5 Å². The molecule has 1 amide bonds. The van der Waals surface area contributed by atoms with Crippen LogP contribution >= 0.6 is 0 Å². The Labute approximate surface area is 246 Å². The molecule has 2 heterocycles. The molecule has 1 N–H and O–H groups in total. The van der Waals surface area contributed by atoms with E-state index in [9.17, 15) is 18.3 Å². The molecule has 1 saturated heterocycles. The molecule has 0 spiro atoms. The molecule has 3 aliphatic rings. The molecule has 2 atom stereocenters. The van der Waals surface area contributed by atoms with E-state index in [1.165, 1.54) is 45.8 Å². The molecular weight excluding hydrogens is 556 g/mol. The van der Waals surface area contributed by atoms with Crippen LogP contribution in [0.3, 0.4) is 0 Å². The smallest absolute Gasteiger partial charge is 0.288 e. The highest BCUT2D eigenvalue weighted by Crippen LogP contribution is 2.40. The number of aliphatic hydroxyl groups excluding tert-OH is 1. The van der Waals surface area contributed by atoms with Gasteiger partial charge in [0.1, 0.15) is 5.75 Å². The highest BCUT2D eigenvalue weighted by molar-refractivity contribution is 7.89. The van der Waals surface area contributed by atoms with Crippen LogP contribution in [0.2, 0.25) is 0 Å². The third-order valence-corrected chi connectivity index (χ3v) is 9.85. The molecule has 9 nitrogen and oxygen atoms in total. The number of benzene rings is 3. The van der Waals surface area contributed by atoms with Crippen molar-refractivity contribution >= 4 is 15.9 Å². The van der Waals surface area contributed by atoms with Gasteiger partial charge >= 0.3 is 0 Å². The van der Waals surface area contributed by atoms with Gasteiger partial charge in [-0.25, -0.2) is 8.42 Å². The Bertz CT molecular complexity index is 1600. The Balaban J connectivity index is 1.17. The number of amides is 1. The van der Waals surface area contributed by atoms with Gasteiger partial charge in [-0.15, -0.1) is 0 Å². The first kappa shape index (κ1) is 28.4. The van der Waals surface area contributed by atoms with Gasteiger partial charge in [-0.2, -0.15) is 4.31 Å². The molecule has 0 unspecified atom stereocenters. The predicted molar refractivity (Wildman–Crippen MR) is 156 cm³/mol. The van der Waals surface area contributed by atoms with E-state index in [4.69, 9.17) is 14.2 Å². The monoisotopic (exact) mass is 590 g/mol. The summed E-state index contributed by atoms with van der Waals surface area (Å²) in [5, 5.41) is 9.57. The van der Waals surface area contributed by atoms with Crippen molar-refractivity contribution in [2.24, 2.45) is 0 Å². The van der Waals surface area contributed by atoms with E-state index in [1.54, 1.807) is 17.0 Å². The molecule has 0 aromatic heterocycles. The third-order valence-electron chi connectivity index (χ3n) is 7.94. The lowest BCUT2D eigenvalue weighted by atomic mass is 9.90. The highest BCUT2D eigenvalue weighted by atomic mass is 32.2. The number of methoxy groups -OCH3 is 1. The zero-order valence-corrected chi connectivity index (χ0v) is 24.3. The molecule has 3 aromatic rings. The average Bonchev–Trinajstić information content (AvgIpc) is 3.80. The second kappa shape index (κ2) is 11.9. The standard InChI is InChI=1S/C32H34N2O7S/c1-39-26-7-9-27(10-8-26)42(37,38)34(14-16-35)15-17-40-31-21-24(20-30(41-31)32(36)33-12-13-33)22-6-11-29-25(18-22)19-23-4-2-3-5-28(23)29/h2-11,18,20,24,31,35H,12-17,19,21H2,1H3/t24-,31+/m0/s1. The Hall–Kier alpha value is -3.70. The number of nitrogens with zero attached hydrogens (tertiary/aromatic N) is 2. The van der Waals surface area contributed by atoms with Crippen molar-refractivity contribution in [3.63, 3.8) is 0 Å². The quantitative estimate of drug-likeness (QED) is 0.267. The van der Waals surface area contributed by atoms with Crippen molar-refractivity contribution in [1.82, 2.24) is 9.21 Å². The van der Waals surface area contributed by atoms with E-state index < -0.39 is 16.3 Å². The minimum atomic E-state index is -3.88. The Morgan fingerprint density at radius 2 is 1.79 bits per heavy atom. The van der Waals surface area contributed by atoms with Gasteiger partial charge in [0.25, 0.3) is 5.91 Å². The lowest BCUT2D eigenvalue weighted by Crippen LogP contribution is -2.37. The molecule has 42 heavy (non-hydrogen) atoms. The van der Waals surface area contributed by atoms with E-state index in [0.29, 0.717) is 25.3 Å². The Morgan fingerprint density at radius 3 is 2.52 bits per heavy atom. The number of carbonyl (C=O) groups is 1. The lowest BCUT2D eigenvalue weighted by molar-refractivity contribution is -0.149. The largest absolute Gasteiger partial charge is 0.497 e. The van der Waals surface area contributed by atoms with Crippen LogP contribution in [0, 0.1) is 0 Å². The van der Waals surface area contributed by atoms with Crippen LogP contribution in [0.15, 0.2) is 83.5 Å². The number of sulfonamides is 1. The zero-order chi connectivity index (χ0) is 29.3. The fourth-order valence-electron chi connectivity index (χ4n) is 5.59. The molecule has 2 aliphatic heterocycles. The van der Waals surface area contributed by atoms with Gasteiger partial charge in [0.15, 0.2) is 5.76 Å². The fourth-order valence-corrected chi connectivity index (χ4v) is 7.01. The Morgan fingerprint density at radius 1 is 1.02 bits per heavy atom. The summed E-state index contributed by atoms with van der Waals surface area (Å²) in [6.45, 7) is 1.02. The van der Waals surface area contributed by atoms with Crippen LogP contribution in [0.1, 0.15) is 29.0 Å². The molecule has 1 aliphatic carbocycles. The van der Waals surface area contributed by atoms with Crippen molar-refractivity contribution < 1.29 is 32.5 Å². The second-order valence-corrected chi connectivity index (χ2v) is 12.6. The predicted octanol–water partition coefficient (Wildman–Crippen LogP) is 3.52. The maximum absolute atomic E-state index is 13.3. The van der Waals surface area contributed by atoms with Crippen molar-refractivity contribution in [1.29, 1.82) is 0 Å². The van der Waals surface area contributed by atoms with E-state index in [1.807, 2.05) is 6.08 Å². The fraction of sp³-hybridized carbons (Fsp3) is 0.344. The van der Waals surface area contributed by atoms with E-state index in [0.717, 1.165) is 12.0 Å². The number of allylic oxidation sites excluding steroid dienone is 1. The minimum Gasteiger partial charge on any atom is -0.497 e. The maximum Gasteiger partial charge on any atom is 0.288 e. The molecule has 0 saturated carbocycles. The molecular formula is C32H34N2O7S. The van der Waals surface area contributed by atoms with Crippen molar-refractivity contribution in [3.8, 4) is 16.9 Å². The molecule has 220 valence electrons. The van der Waals surface area contributed by atoms with Gasteiger partial charge < -0.3 is 24.2 Å². The maximum atomic E-state index is 13.3. The van der Waals surface area contributed by atoms with Crippen LogP contribution in [-0.2, 0) is 30.7 Å². The summed E-state index contributed by atoms with van der Waals surface area (Å²) >= 11 is 0. The first-order valence-corrected chi connectivity index (χ1v) is 15.6. The molecule has 3 aromatic carbocycles. The van der Waals surface area contributed by atoms with Gasteiger partial charge in [-0.3, -0.25) is 4.79 Å². The first-order valence-electron chi connectivity index (χ1n) is 14.1. The first-order chi connectivity index (χ1) is 20.4. The summed E-state index contributed by atoms with van der Waals surface area (Å²) in [5.74, 6) is 0.540. The molecule has 1 fully saturated rings. The number of carbonyl (C=O) groups excluding carboxylic acids is 1. The van der Waals surface area contributed by atoms with Crippen molar-refractivity contribution in [2.75, 3.05) is 46.5 Å². The molecule has 6 rings (SSSR count). The number of fused-ring (bicyclic) bond motifs is 3. The van der Waals surface area contributed by atoms with Crippen LogP contribution in [-0.4, -0.2) is 81.4 Å². The number of ether oxygens (including phenoxy) is 3. The van der Waals surface area contributed by atoms with Gasteiger partial charge in [0.2, 0.25) is 16.3 Å². The van der Waals surface area contributed by atoms with E-state index >= 15 is 0 Å². The number of hydrogen-bond acceptors (Lipinski definition) is 7. The third kappa shape index (κ3) is 5.80. The van der Waals surface area contributed by atoms with Gasteiger partial charge in [-0.05, 0) is 64.6 Å². The number of aliphatic hydroxyl groups is 1. The minimum absolute atomic E-state index is 0.00960. The number of rotatable bonds is 11. The van der Waals surface area contributed by atoms with E-state index in [2.05, 4.69) is 42.5 Å². The summed E-state index contributed by atoms with van der Waals surface area (Å²) in [6.07, 6.45) is 2.50. The second-order valence-electron chi connectivity index (χ2n) is 10.6. The normalized spacial score (nSPS) is 19.1. The number of hydrogen-bond donors (Lipinski definition) is 1. The van der Waals surface area contributed by atoms with Gasteiger partial charge in [0.05, 0.1) is 25.2 Å². The summed E-state index contributed by atoms with van der Waals surface area (Å²) in [6, 6.07) is 21.0. The lowest BCUT2D eigenvalue weighted by Gasteiger charge is -2.30. The van der Waals surface area contributed by atoms with Crippen LogP contribution in [0.4, 0.5) is 0 Å².